The van der Waals surface area contributed by atoms with Crippen molar-refractivity contribution in [3.8, 4) is 0 Å². The molecule has 3 heterocycles. The topological polar surface area (TPSA) is 68.3 Å². The van der Waals surface area contributed by atoms with Crippen LogP contribution in [0, 0.1) is 5.92 Å². The molecule has 2 saturated carbocycles. The Hall–Kier alpha value is -4.04. The number of hydrogen-bond acceptors (Lipinski definition) is 7. The van der Waals surface area contributed by atoms with E-state index in [0.717, 1.165) is 35.4 Å². The summed E-state index contributed by atoms with van der Waals surface area (Å²) >= 11 is 5.57. The van der Waals surface area contributed by atoms with E-state index in [4.69, 9.17) is 0 Å². The van der Waals surface area contributed by atoms with Crippen LogP contribution < -0.4 is 0 Å². The Morgan fingerprint density at radius 3 is 1.82 bits per heavy atom. The van der Waals surface area contributed by atoms with Gasteiger partial charge in [-0.05, 0) is 72.6 Å². The molecule has 2 aromatic carbocycles. The number of rotatable bonds is 3. The molecule has 7 heteroatoms. The van der Waals surface area contributed by atoms with Gasteiger partial charge in [0.1, 0.15) is 0 Å². The van der Waals surface area contributed by atoms with Gasteiger partial charge in [0.05, 0.1) is 16.2 Å². The first-order valence-corrected chi connectivity index (χ1v) is 20.9. The Bertz CT molecular complexity index is 2430. The number of fused-ring (bicyclic) bond motifs is 12. The summed E-state index contributed by atoms with van der Waals surface area (Å²) in [5.74, 6) is -1.04. The molecule has 0 amide bonds. The second-order valence-electron chi connectivity index (χ2n) is 15.4. The normalized spacial score (nSPS) is 21.3. The van der Waals surface area contributed by atoms with Gasteiger partial charge in [0.2, 0.25) is 0 Å². The first-order chi connectivity index (χ1) is 24.9. The highest BCUT2D eigenvalue weighted by Crippen LogP contribution is 2.72. The number of benzene rings is 2. The number of ketones is 4. The Morgan fingerprint density at radius 2 is 1.20 bits per heavy atom. The predicted octanol–water partition coefficient (Wildman–Crippen LogP) is 11.1. The predicted molar refractivity (Wildman–Crippen MR) is 206 cm³/mol. The zero-order valence-corrected chi connectivity index (χ0v) is 30.5. The summed E-state index contributed by atoms with van der Waals surface area (Å²) in [6.07, 6.45) is 14.2. The van der Waals surface area contributed by atoms with Crippen molar-refractivity contribution in [1.29, 1.82) is 0 Å². The zero-order chi connectivity index (χ0) is 34.2. The fraction of sp³-hybridized carbons (Fsp3) is 0.318. The van der Waals surface area contributed by atoms with Crippen LogP contribution >= 0.6 is 34.0 Å². The number of allylic oxidation sites excluding steroid dienone is 3. The van der Waals surface area contributed by atoms with Gasteiger partial charge >= 0.3 is 0 Å². The summed E-state index contributed by atoms with van der Waals surface area (Å²) in [4.78, 5) is 58.6. The summed E-state index contributed by atoms with van der Waals surface area (Å²) in [7, 11) is 0. The number of carbonyl (C=O) groups excluding carboxylic acids is 4. The second-order valence-corrected chi connectivity index (χ2v) is 18.7. The van der Waals surface area contributed by atoms with Crippen molar-refractivity contribution >= 4 is 83.8 Å². The molecular weight excluding hydrogens is 689 g/mol. The fourth-order valence-electron chi connectivity index (χ4n) is 10.7. The average molecular weight is 723 g/mol. The molecule has 4 nitrogen and oxygen atoms in total. The van der Waals surface area contributed by atoms with Crippen LogP contribution in [0.2, 0.25) is 0 Å². The Kier molecular flexibility index (Phi) is 6.44. The fourth-order valence-corrected chi connectivity index (χ4v) is 15.1. The molecule has 252 valence electrons. The van der Waals surface area contributed by atoms with Crippen LogP contribution in [0.1, 0.15) is 136 Å². The van der Waals surface area contributed by atoms with Crippen LogP contribution in [0.4, 0.5) is 0 Å². The van der Waals surface area contributed by atoms with Crippen LogP contribution in [0.25, 0.3) is 26.6 Å². The molecule has 51 heavy (non-hydrogen) atoms. The summed E-state index contributed by atoms with van der Waals surface area (Å²) in [5, 5.41) is 0. The molecule has 3 aromatic heterocycles. The lowest BCUT2D eigenvalue weighted by molar-refractivity contribution is 0.0837. The van der Waals surface area contributed by atoms with Crippen molar-refractivity contribution < 1.29 is 19.2 Å². The first kappa shape index (κ1) is 30.6. The maximum atomic E-state index is 13.4. The molecule has 11 rings (SSSR count). The molecule has 0 N–H and O–H groups in total. The SMILES string of the molecule is O=C1C(=Cc2cc3c(s2)C2=C(c4sc5cc(CC6C(=O)c7ccccc7C6=O)sc5c4C24CCCCC4)C32CCCCC2)C(=O)c2ccccc21. The zero-order valence-electron chi connectivity index (χ0n) is 28.1. The third kappa shape index (κ3) is 3.95. The van der Waals surface area contributed by atoms with Crippen LogP contribution in [0.15, 0.2) is 66.2 Å². The molecule has 2 fully saturated rings. The van der Waals surface area contributed by atoms with Gasteiger partial charge in [-0.2, -0.15) is 0 Å². The van der Waals surface area contributed by atoms with E-state index in [1.807, 2.05) is 53.0 Å². The number of Topliss-reactive ketones (excluding diaryl/α,β-unsaturated/α-hetero) is 4. The van der Waals surface area contributed by atoms with E-state index >= 15 is 0 Å². The van der Waals surface area contributed by atoms with E-state index in [0.29, 0.717) is 28.7 Å². The van der Waals surface area contributed by atoms with Gasteiger partial charge in [-0.1, -0.05) is 87.1 Å². The number of hydrogen-bond donors (Lipinski definition) is 0. The molecule has 0 unspecified atom stereocenters. The Labute approximate surface area is 307 Å². The van der Waals surface area contributed by atoms with Gasteiger partial charge in [-0.3, -0.25) is 19.2 Å². The quantitative estimate of drug-likeness (QED) is 0.106. The van der Waals surface area contributed by atoms with Gasteiger partial charge in [-0.25, -0.2) is 0 Å². The minimum atomic E-state index is -0.631. The van der Waals surface area contributed by atoms with Gasteiger partial charge in [0, 0.05) is 57.3 Å². The highest BCUT2D eigenvalue weighted by molar-refractivity contribution is 7.29. The summed E-state index contributed by atoms with van der Waals surface area (Å²) < 4.78 is 2.67. The van der Waals surface area contributed by atoms with Crippen molar-refractivity contribution in [3.63, 3.8) is 0 Å². The van der Waals surface area contributed by atoms with Gasteiger partial charge < -0.3 is 0 Å². The standard InChI is InChI=1S/C44H34O4S3/c45-36-25-11-3-4-12-26(25)37(46)29(36)19-23-21-31-40(49-23)33-34(43(31)15-7-1-8-16-43)42-35(44(33)17-9-2-10-18-44)41-32(51-42)22-24(50-41)20-30-38(47)27-13-5-6-14-28(27)39(30)48/h3-6,11-14,19,21-22,30H,1-2,7-10,15-18,20H2. The molecule has 6 aliphatic rings. The van der Waals surface area contributed by atoms with Crippen molar-refractivity contribution in [2.45, 2.75) is 81.5 Å². The van der Waals surface area contributed by atoms with E-state index in [1.54, 1.807) is 46.7 Å². The lowest BCUT2D eigenvalue weighted by atomic mass is 9.67. The minimum Gasteiger partial charge on any atom is -0.293 e. The van der Waals surface area contributed by atoms with Gasteiger partial charge in [-0.15, -0.1) is 34.0 Å². The highest BCUT2D eigenvalue weighted by atomic mass is 32.1. The van der Waals surface area contributed by atoms with Crippen LogP contribution in [0.3, 0.4) is 0 Å². The second kappa shape index (κ2) is 10.8. The van der Waals surface area contributed by atoms with Crippen LogP contribution in [0.5, 0.6) is 0 Å². The van der Waals surface area contributed by atoms with Crippen molar-refractivity contribution in [2.75, 3.05) is 0 Å². The van der Waals surface area contributed by atoms with E-state index in [9.17, 15) is 19.2 Å². The van der Waals surface area contributed by atoms with Crippen molar-refractivity contribution in [1.82, 2.24) is 0 Å². The lowest BCUT2D eigenvalue weighted by Gasteiger charge is -2.37. The summed E-state index contributed by atoms with van der Waals surface area (Å²) in [6.45, 7) is 0. The monoisotopic (exact) mass is 722 g/mol. The van der Waals surface area contributed by atoms with E-state index in [-0.39, 0.29) is 39.5 Å². The Balaban J connectivity index is 1.04. The average Bonchev–Trinajstić information content (AvgIpc) is 4.00. The highest BCUT2D eigenvalue weighted by Gasteiger charge is 2.59. The third-order valence-electron chi connectivity index (χ3n) is 12.9. The van der Waals surface area contributed by atoms with Crippen molar-refractivity contribution in [3.05, 3.63) is 119 Å². The first-order valence-electron chi connectivity index (χ1n) is 18.4. The van der Waals surface area contributed by atoms with Crippen molar-refractivity contribution in [2.24, 2.45) is 5.92 Å². The van der Waals surface area contributed by atoms with Crippen LogP contribution in [-0.2, 0) is 17.3 Å². The summed E-state index contributed by atoms with van der Waals surface area (Å²) in [6, 6.07) is 19.1. The maximum Gasteiger partial charge on any atom is 0.197 e. The van der Waals surface area contributed by atoms with E-state index in [1.165, 1.54) is 68.8 Å². The van der Waals surface area contributed by atoms with Gasteiger partial charge in [0.25, 0.3) is 0 Å². The number of thiophene rings is 3. The largest absolute Gasteiger partial charge is 0.293 e. The molecular formula is C44H34O4S3. The molecule has 2 spiro atoms. The van der Waals surface area contributed by atoms with Crippen LogP contribution in [-0.4, -0.2) is 23.1 Å². The molecule has 0 aliphatic heterocycles. The minimum absolute atomic E-state index is 0.0389. The molecule has 6 aliphatic carbocycles. The molecule has 0 atom stereocenters. The Morgan fingerprint density at radius 1 is 0.627 bits per heavy atom. The molecule has 0 saturated heterocycles. The third-order valence-corrected chi connectivity index (χ3v) is 16.5. The lowest BCUT2D eigenvalue weighted by Crippen LogP contribution is -2.28. The maximum absolute atomic E-state index is 13.4. The summed E-state index contributed by atoms with van der Waals surface area (Å²) in [5.41, 5.74) is 8.46. The molecule has 0 bridgehead atoms. The van der Waals surface area contributed by atoms with E-state index in [2.05, 4.69) is 12.1 Å². The molecule has 5 aromatic rings. The smallest absolute Gasteiger partial charge is 0.197 e. The van der Waals surface area contributed by atoms with E-state index < -0.39 is 5.92 Å². The van der Waals surface area contributed by atoms with Gasteiger partial charge in [0.15, 0.2) is 23.1 Å². The number of carbonyl (C=O) groups is 4. The molecule has 0 radical (unpaired) electrons.